The molecule has 0 saturated carbocycles. The van der Waals surface area contributed by atoms with Gasteiger partial charge in [0.15, 0.2) is 0 Å². The van der Waals surface area contributed by atoms with Gasteiger partial charge in [-0.15, -0.1) is 4.85 Å². The quantitative estimate of drug-likeness (QED) is 0.314. The maximum Gasteiger partial charge on any atom is 0.294 e. The van der Waals surface area contributed by atoms with Crippen LogP contribution in [0.25, 0.3) is 16.7 Å². The molecule has 9 heteroatoms. The van der Waals surface area contributed by atoms with Crippen LogP contribution in [0.4, 0.5) is 5.69 Å². The molecule has 1 heterocycles. The number of hydrogen-bond donors (Lipinski definition) is 0. The largest absolute Gasteiger partial charge is 0.692 e. The highest BCUT2D eigenvalue weighted by molar-refractivity contribution is 6.46. The van der Waals surface area contributed by atoms with E-state index in [0.29, 0.717) is 10.5 Å². The number of para-hydroxylation sites is 1. The van der Waals surface area contributed by atoms with Crippen molar-refractivity contribution in [2.45, 2.75) is 0 Å². The summed E-state index contributed by atoms with van der Waals surface area (Å²) in [6, 6.07) is 9.66. The van der Waals surface area contributed by atoms with Crippen LogP contribution in [0, 0.1) is 15.3 Å². The topological polar surface area (TPSA) is 87.9 Å². The van der Waals surface area contributed by atoms with Crippen LogP contribution in [0.15, 0.2) is 36.4 Å². The Labute approximate surface area is 127 Å². The molecule has 7 nitrogen and oxygen atoms in total. The van der Waals surface area contributed by atoms with Gasteiger partial charge in [0, 0.05) is 0 Å². The second kappa shape index (κ2) is 4.87. The van der Waals surface area contributed by atoms with E-state index in [9.17, 15) is 15.3 Å². The van der Waals surface area contributed by atoms with Crippen LogP contribution < -0.4 is 4.85 Å². The lowest BCUT2D eigenvalue weighted by Gasteiger charge is -2.03. The average Bonchev–Trinajstić information content (AvgIpc) is 2.81. The number of halogens is 2. The van der Waals surface area contributed by atoms with Gasteiger partial charge in [-0.3, -0.25) is 10.1 Å². The maximum absolute atomic E-state index is 12.3. The predicted molar refractivity (Wildman–Crippen MR) is 76.7 cm³/mol. The van der Waals surface area contributed by atoms with Crippen molar-refractivity contribution in [1.29, 1.82) is 0 Å². The molecule has 0 fully saturated rings. The van der Waals surface area contributed by atoms with Gasteiger partial charge in [-0.1, -0.05) is 41.4 Å². The molecule has 0 radical (unpaired) electrons. The predicted octanol–water partition coefficient (Wildman–Crippen LogP) is 2.87. The van der Waals surface area contributed by atoms with E-state index in [1.807, 2.05) is 0 Å². The van der Waals surface area contributed by atoms with E-state index in [0.717, 1.165) is 10.9 Å². The third-order valence-corrected chi connectivity index (χ3v) is 3.75. The van der Waals surface area contributed by atoms with E-state index in [1.54, 1.807) is 30.3 Å². The summed E-state index contributed by atoms with van der Waals surface area (Å²) in [5, 5.41) is 26.9. The molecule has 0 unspecified atom stereocenters. The van der Waals surface area contributed by atoms with Crippen LogP contribution >= 0.6 is 23.2 Å². The molecule has 0 saturated heterocycles. The van der Waals surface area contributed by atoms with Crippen LogP contribution in [0.1, 0.15) is 0 Å². The van der Waals surface area contributed by atoms with Crippen molar-refractivity contribution in [2.75, 3.05) is 0 Å². The zero-order valence-corrected chi connectivity index (χ0v) is 11.7. The zero-order valence-electron chi connectivity index (χ0n) is 10.2. The summed E-state index contributed by atoms with van der Waals surface area (Å²) >= 11 is 11.8. The minimum Gasteiger partial charge on any atom is -0.692 e. The number of hydrogen-bond acceptors (Lipinski definition) is 4. The normalized spacial score (nSPS) is 11.0. The molecule has 0 aliphatic heterocycles. The third kappa shape index (κ3) is 2.07. The lowest BCUT2D eigenvalue weighted by atomic mass is 10.3. The number of nitrogens with zero attached hydrogens (tertiary/aromatic N) is 4. The fourth-order valence-corrected chi connectivity index (χ4v) is 2.37. The lowest BCUT2D eigenvalue weighted by molar-refractivity contribution is -0.664. The van der Waals surface area contributed by atoms with Crippen molar-refractivity contribution in [3.63, 3.8) is 0 Å². The van der Waals surface area contributed by atoms with Gasteiger partial charge in [0.25, 0.3) is 11.2 Å². The Kier molecular flexibility index (Phi) is 3.15. The van der Waals surface area contributed by atoms with Crippen LogP contribution in [-0.2, 0) is 0 Å². The van der Waals surface area contributed by atoms with Crippen molar-refractivity contribution < 1.29 is 9.77 Å². The molecule has 0 bridgehead atoms. The molecule has 0 aliphatic carbocycles. The Hall–Kier alpha value is -2.38. The molecule has 0 spiro atoms. The molecule has 0 atom stereocenters. The summed E-state index contributed by atoms with van der Waals surface area (Å²) in [4.78, 5) is 11.7. The van der Waals surface area contributed by atoms with Crippen LogP contribution in [0.3, 0.4) is 0 Å². The molecule has 0 N–H and O–H groups in total. The maximum atomic E-state index is 12.3. The standard InChI is InChI=1S/C12H6Cl2N4O3/c13-10-8(18(20)21)6-9-12(11(10)14)15-16(17(9)19)7-4-2-1-3-5-7/h1-6H. The first-order chi connectivity index (χ1) is 10.0. The fourth-order valence-electron chi connectivity index (χ4n) is 1.93. The van der Waals surface area contributed by atoms with E-state index < -0.39 is 10.6 Å². The number of rotatable bonds is 2. The summed E-state index contributed by atoms with van der Waals surface area (Å²) < 4.78 is 0. The molecule has 3 aromatic rings. The molecular formula is C12H6Cl2N4O3. The van der Waals surface area contributed by atoms with E-state index in [2.05, 4.69) is 5.10 Å². The highest BCUT2D eigenvalue weighted by Crippen LogP contribution is 2.36. The summed E-state index contributed by atoms with van der Waals surface area (Å²) in [6.07, 6.45) is 0. The molecule has 2 aromatic carbocycles. The van der Waals surface area contributed by atoms with Gasteiger partial charge in [-0.2, -0.15) is 0 Å². The Balaban J connectivity index is 2.35. The molecule has 1 aromatic heterocycles. The number of benzene rings is 2. The summed E-state index contributed by atoms with van der Waals surface area (Å²) in [5.74, 6) is 0. The van der Waals surface area contributed by atoms with Crippen molar-refractivity contribution in [2.24, 2.45) is 0 Å². The molecule has 0 aliphatic rings. The fraction of sp³-hybridized carbons (Fsp3) is 0. The number of nitro groups is 1. The highest BCUT2D eigenvalue weighted by Gasteiger charge is 2.28. The van der Waals surface area contributed by atoms with E-state index in [4.69, 9.17) is 23.2 Å². The highest BCUT2D eigenvalue weighted by atomic mass is 35.5. The van der Waals surface area contributed by atoms with E-state index in [1.165, 1.54) is 0 Å². The first kappa shape index (κ1) is 13.6. The number of nitro benzene ring substituents is 1. The molecule has 3 rings (SSSR count). The van der Waals surface area contributed by atoms with Crippen LogP contribution in [0.2, 0.25) is 10.0 Å². The Morgan fingerprint density at radius 2 is 1.86 bits per heavy atom. The monoisotopic (exact) mass is 324 g/mol. The summed E-state index contributed by atoms with van der Waals surface area (Å²) in [6.45, 7) is 0. The molecule has 21 heavy (non-hydrogen) atoms. The second-order valence-electron chi connectivity index (χ2n) is 4.15. The van der Waals surface area contributed by atoms with Crippen LogP contribution in [-0.4, -0.2) is 14.8 Å². The Morgan fingerprint density at radius 3 is 2.48 bits per heavy atom. The van der Waals surface area contributed by atoms with Crippen molar-refractivity contribution in [3.05, 3.63) is 61.8 Å². The first-order valence-electron chi connectivity index (χ1n) is 5.71. The third-order valence-electron chi connectivity index (χ3n) is 2.90. The van der Waals surface area contributed by atoms with Crippen LogP contribution in [0.5, 0.6) is 0 Å². The zero-order chi connectivity index (χ0) is 15.1. The SMILES string of the molecule is O=[N+]([O-])c1cc2c(nn(-c3ccccc3)[n+]2[O-])c(Cl)c1Cl. The second-order valence-corrected chi connectivity index (χ2v) is 4.90. The van der Waals surface area contributed by atoms with Crippen molar-refractivity contribution in [3.8, 4) is 5.69 Å². The summed E-state index contributed by atoms with van der Waals surface area (Å²) in [5.41, 5.74) is 0.135. The minimum atomic E-state index is -0.701. The van der Waals surface area contributed by atoms with Gasteiger partial charge in [0.05, 0.1) is 16.1 Å². The average molecular weight is 325 g/mol. The number of fused-ring (bicyclic) bond motifs is 1. The Morgan fingerprint density at radius 1 is 1.19 bits per heavy atom. The van der Waals surface area contributed by atoms with Gasteiger partial charge in [0.1, 0.15) is 15.7 Å². The molecule has 0 amide bonds. The Bertz CT molecular complexity index is 864. The van der Waals surface area contributed by atoms with Gasteiger partial charge in [-0.05, 0) is 16.9 Å². The lowest BCUT2D eigenvalue weighted by Crippen LogP contribution is -2.37. The van der Waals surface area contributed by atoms with Gasteiger partial charge < -0.3 is 5.21 Å². The smallest absolute Gasteiger partial charge is 0.294 e. The first-order valence-corrected chi connectivity index (χ1v) is 6.46. The molecule has 106 valence electrons. The van der Waals surface area contributed by atoms with E-state index in [-0.39, 0.29) is 21.1 Å². The molecular weight excluding hydrogens is 319 g/mol. The van der Waals surface area contributed by atoms with E-state index >= 15 is 0 Å². The number of aromatic nitrogens is 3. The minimum absolute atomic E-state index is 0.0278. The van der Waals surface area contributed by atoms with Crippen molar-refractivity contribution >= 4 is 39.9 Å². The van der Waals surface area contributed by atoms with Gasteiger partial charge in [0.2, 0.25) is 5.52 Å². The van der Waals surface area contributed by atoms with Gasteiger partial charge in [-0.25, -0.2) is 0 Å². The van der Waals surface area contributed by atoms with Crippen molar-refractivity contribution in [1.82, 2.24) is 9.90 Å². The van der Waals surface area contributed by atoms with Gasteiger partial charge >= 0.3 is 0 Å². The summed E-state index contributed by atoms with van der Waals surface area (Å²) in [7, 11) is 0.